The Morgan fingerprint density at radius 1 is 1.22 bits per heavy atom. The van der Waals surface area contributed by atoms with Gasteiger partial charge in [-0.15, -0.1) is 0 Å². The lowest BCUT2D eigenvalue weighted by Gasteiger charge is -2.10. The molecule has 4 rings (SSSR count). The molecule has 1 aliphatic heterocycles. The Hall–Kier alpha value is -3.61. The molecule has 27 heavy (non-hydrogen) atoms. The molecule has 2 aromatic carbocycles. The van der Waals surface area contributed by atoms with Crippen molar-refractivity contribution in [2.24, 2.45) is 0 Å². The van der Waals surface area contributed by atoms with Crippen LogP contribution < -0.4 is 15.4 Å². The summed E-state index contributed by atoms with van der Waals surface area (Å²) in [4.78, 5) is 24.8. The SMILES string of the molecule is COc1cccc(NC(=O)C[C@H]2C(=O)Nc3c(-c4ccccc4)cnn32)c1. The van der Waals surface area contributed by atoms with Crippen LogP contribution >= 0.6 is 0 Å². The van der Waals surface area contributed by atoms with Crippen molar-refractivity contribution in [3.05, 3.63) is 60.8 Å². The number of benzene rings is 2. The van der Waals surface area contributed by atoms with E-state index in [1.54, 1.807) is 42.3 Å². The van der Waals surface area contributed by atoms with Crippen molar-refractivity contribution < 1.29 is 14.3 Å². The zero-order valence-corrected chi connectivity index (χ0v) is 14.7. The minimum atomic E-state index is -0.678. The van der Waals surface area contributed by atoms with Gasteiger partial charge in [-0.2, -0.15) is 5.10 Å². The number of nitrogens with one attached hydrogen (secondary N) is 2. The number of nitrogens with zero attached hydrogens (tertiary/aromatic N) is 2. The van der Waals surface area contributed by atoms with Gasteiger partial charge in [0.1, 0.15) is 17.6 Å². The molecule has 2 amide bonds. The van der Waals surface area contributed by atoms with Crippen molar-refractivity contribution in [1.82, 2.24) is 9.78 Å². The van der Waals surface area contributed by atoms with Gasteiger partial charge in [0.15, 0.2) is 0 Å². The van der Waals surface area contributed by atoms with E-state index >= 15 is 0 Å². The first-order valence-electron chi connectivity index (χ1n) is 8.53. The van der Waals surface area contributed by atoms with Crippen molar-refractivity contribution in [3.8, 4) is 16.9 Å². The lowest BCUT2D eigenvalue weighted by atomic mass is 10.1. The van der Waals surface area contributed by atoms with Crippen LogP contribution in [0.4, 0.5) is 11.5 Å². The van der Waals surface area contributed by atoms with Crippen LogP contribution in [0.5, 0.6) is 5.75 Å². The third-order valence-electron chi connectivity index (χ3n) is 4.45. The smallest absolute Gasteiger partial charge is 0.251 e. The number of anilines is 2. The Balaban J connectivity index is 1.52. The molecule has 1 aliphatic rings. The van der Waals surface area contributed by atoms with E-state index in [0.717, 1.165) is 11.1 Å². The number of methoxy groups -OCH3 is 1. The van der Waals surface area contributed by atoms with Gasteiger partial charge in [-0.05, 0) is 17.7 Å². The zero-order chi connectivity index (χ0) is 18.8. The number of amides is 2. The molecule has 3 aromatic rings. The summed E-state index contributed by atoms with van der Waals surface area (Å²) < 4.78 is 6.73. The zero-order valence-electron chi connectivity index (χ0n) is 14.7. The Kier molecular flexibility index (Phi) is 4.33. The van der Waals surface area contributed by atoms with Crippen molar-refractivity contribution in [1.29, 1.82) is 0 Å². The van der Waals surface area contributed by atoms with Crippen LogP contribution in [-0.4, -0.2) is 28.7 Å². The van der Waals surface area contributed by atoms with Crippen LogP contribution in [0, 0.1) is 0 Å². The average Bonchev–Trinajstić information content (AvgIpc) is 3.22. The third-order valence-corrected chi connectivity index (χ3v) is 4.45. The standard InChI is InChI=1S/C20H18N4O3/c1-27-15-9-5-8-14(10-15)22-18(25)11-17-20(26)23-19-16(12-21-24(17)19)13-6-3-2-4-7-13/h2-10,12,17H,11H2,1H3,(H,22,25)(H,23,26)/t17-/m0/s1. The minimum absolute atomic E-state index is 0.00798. The van der Waals surface area contributed by atoms with E-state index in [0.29, 0.717) is 17.3 Å². The fraction of sp³-hybridized carbons (Fsp3) is 0.150. The Morgan fingerprint density at radius 2 is 2.04 bits per heavy atom. The van der Waals surface area contributed by atoms with E-state index in [4.69, 9.17) is 4.74 Å². The van der Waals surface area contributed by atoms with Crippen molar-refractivity contribution in [3.63, 3.8) is 0 Å². The predicted octanol–water partition coefficient (Wildman–Crippen LogP) is 3.08. The summed E-state index contributed by atoms with van der Waals surface area (Å²) in [6, 6.07) is 16.1. The number of hydrogen-bond donors (Lipinski definition) is 2. The molecular weight excluding hydrogens is 344 g/mol. The van der Waals surface area contributed by atoms with E-state index in [2.05, 4.69) is 15.7 Å². The summed E-state index contributed by atoms with van der Waals surface area (Å²) in [6.07, 6.45) is 1.70. The second-order valence-corrected chi connectivity index (χ2v) is 6.21. The van der Waals surface area contributed by atoms with Crippen molar-refractivity contribution in [2.45, 2.75) is 12.5 Å². The largest absolute Gasteiger partial charge is 0.497 e. The normalized spacial score (nSPS) is 15.1. The molecule has 0 radical (unpaired) electrons. The lowest BCUT2D eigenvalue weighted by Crippen LogP contribution is -2.23. The highest BCUT2D eigenvalue weighted by molar-refractivity contribution is 6.04. The number of ether oxygens (including phenoxy) is 1. The summed E-state index contributed by atoms with van der Waals surface area (Å²) in [5.74, 6) is 0.753. The molecule has 0 saturated carbocycles. The van der Waals surface area contributed by atoms with Crippen LogP contribution in [0.1, 0.15) is 12.5 Å². The second-order valence-electron chi connectivity index (χ2n) is 6.21. The van der Waals surface area contributed by atoms with Crippen LogP contribution in [-0.2, 0) is 9.59 Å². The number of aromatic nitrogens is 2. The van der Waals surface area contributed by atoms with Gasteiger partial charge in [-0.3, -0.25) is 9.59 Å². The molecule has 0 saturated heterocycles. The first-order chi connectivity index (χ1) is 13.2. The summed E-state index contributed by atoms with van der Waals surface area (Å²) in [5.41, 5.74) is 2.41. The Bertz CT molecular complexity index is 997. The summed E-state index contributed by atoms with van der Waals surface area (Å²) in [7, 11) is 1.56. The average molecular weight is 362 g/mol. The van der Waals surface area contributed by atoms with E-state index in [1.165, 1.54) is 0 Å². The maximum Gasteiger partial charge on any atom is 0.251 e. The predicted molar refractivity (Wildman–Crippen MR) is 102 cm³/mol. The van der Waals surface area contributed by atoms with Gasteiger partial charge in [0.05, 0.1) is 19.7 Å². The van der Waals surface area contributed by atoms with Gasteiger partial charge in [0.25, 0.3) is 5.91 Å². The Labute approximate surface area is 156 Å². The quantitative estimate of drug-likeness (QED) is 0.730. The van der Waals surface area contributed by atoms with Gasteiger partial charge >= 0.3 is 0 Å². The Morgan fingerprint density at radius 3 is 2.81 bits per heavy atom. The highest BCUT2D eigenvalue weighted by atomic mass is 16.5. The highest BCUT2D eigenvalue weighted by Gasteiger charge is 2.35. The molecule has 0 unspecified atom stereocenters. The first-order valence-corrected chi connectivity index (χ1v) is 8.53. The van der Waals surface area contributed by atoms with Crippen LogP contribution in [0.3, 0.4) is 0 Å². The van der Waals surface area contributed by atoms with Gasteiger partial charge in [0.2, 0.25) is 5.91 Å². The van der Waals surface area contributed by atoms with Gasteiger partial charge < -0.3 is 15.4 Å². The number of hydrogen-bond acceptors (Lipinski definition) is 4. The minimum Gasteiger partial charge on any atom is -0.497 e. The molecule has 2 N–H and O–H groups in total. The monoisotopic (exact) mass is 362 g/mol. The summed E-state index contributed by atoms with van der Waals surface area (Å²) in [5, 5.41) is 9.96. The molecule has 0 bridgehead atoms. The maximum absolute atomic E-state index is 12.4. The van der Waals surface area contributed by atoms with E-state index in [-0.39, 0.29) is 18.2 Å². The molecule has 7 nitrogen and oxygen atoms in total. The molecule has 1 atom stereocenters. The fourth-order valence-electron chi connectivity index (χ4n) is 3.13. The van der Waals surface area contributed by atoms with E-state index in [1.807, 2.05) is 30.3 Å². The number of carbonyl (C=O) groups excluding carboxylic acids is 2. The molecule has 1 aromatic heterocycles. The van der Waals surface area contributed by atoms with Gasteiger partial charge in [-0.25, -0.2) is 4.68 Å². The molecule has 0 fully saturated rings. The van der Waals surface area contributed by atoms with Crippen LogP contribution in [0.25, 0.3) is 11.1 Å². The summed E-state index contributed by atoms with van der Waals surface area (Å²) in [6.45, 7) is 0. The molecular formula is C20H18N4O3. The summed E-state index contributed by atoms with van der Waals surface area (Å²) >= 11 is 0. The number of carbonyl (C=O) groups is 2. The van der Waals surface area contributed by atoms with Crippen LogP contribution in [0.15, 0.2) is 60.8 Å². The molecule has 2 heterocycles. The molecule has 0 aliphatic carbocycles. The maximum atomic E-state index is 12.4. The van der Waals surface area contributed by atoms with E-state index < -0.39 is 6.04 Å². The molecule has 136 valence electrons. The number of rotatable bonds is 5. The molecule has 0 spiro atoms. The van der Waals surface area contributed by atoms with Gasteiger partial charge in [0, 0.05) is 17.3 Å². The first kappa shape index (κ1) is 16.8. The second kappa shape index (κ2) is 6.95. The lowest BCUT2D eigenvalue weighted by molar-refractivity contribution is -0.123. The van der Waals surface area contributed by atoms with Gasteiger partial charge in [-0.1, -0.05) is 36.4 Å². The molecule has 7 heteroatoms. The highest BCUT2D eigenvalue weighted by Crippen LogP contribution is 2.35. The number of fused-ring (bicyclic) bond motifs is 1. The van der Waals surface area contributed by atoms with Crippen molar-refractivity contribution in [2.75, 3.05) is 17.7 Å². The fourth-order valence-corrected chi connectivity index (χ4v) is 3.13. The van der Waals surface area contributed by atoms with Crippen molar-refractivity contribution >= 4 is 23.3 Å². The third kappa shape index (κ3) is 3.27. The topological polar surface area (TPSA) is 85.2 Å². The van der Waals surface area contributed by atoms with E-state index in [9.17, 15) is 9.59 Å². The van der Waals surface area contributed by atoms with Crippen LogP contribution in [0.2, 0.25) is 0 Å².